The van der Waals surface area contributed by atoms with Crippen LogP contribution in [0.5, 0.6) is 0 Å². The molecule has 0 atom stereocenters. The predicted octanol–water partition coefficient (Wildman–Crippen LogP) is 4.85. The van der Waals surface area contributed by atoms with Crippen molar-refractivity contribution in [3.63, 3.8) is 0 Å². The maximum Gasteiger partial charge on any atom is 0.202 e. The average molecular weight is 295 g/mol. The van der Waals surface area contributed by atoms with Crippen molar-refractivity contribution in [1.82, 2.24) is 9.36 Å². The fraction of sp³-hybridized carbons (Fsp3) is 0.875. The summed E-state index contributed by atoms with van der Waals surface area (Å²) in [6.07, 6.45) is 6.83. The van der Waals surface area contributed by atoms with E-state index in [1.807, 2.05) is 0 Å². The second-order valence-electron chi connectivity index (χ2n) is 7.83. The van der Waals surface area contributed by atoms with Crippen LogP contribution in [0.3, 0.4) is 0 Å². The first-order valence-electron chi connectivity index (χ1n) is 7.89. The highest BCUT2D eigenvalue weighted by atomic mass is 32.1. The summed E-state index contributed by atoms with van der Waals surface area (Å²) in [5.74, 6) is 1.73. The zero-order valence-corrected chi connectivity index (χ0v) is 14.4. The first-order valence-corrected chi connectivity index (χ1v) is 8.66. The SMILES string of the molecule is CC(C)CC1(CNc2nc(C(C)(C)C)ns2)CCCC1. The van der Waals surface area contributed by atoms with Gasteiger partial charge in [0.25, 0.3) is 0 Å². The third-order valence-corrected chi connectivity index (χ3v) is 4.89. The standard InChI is InChI=1S/C16H29N3S/c1-12(2)10-16(8-6-7-9-16)11-17-14-18-13(19-20-14)15(3,4)5/h12H,6-11H2,1-5H3,(H,17,18,19). The van der Waals surface area contributed by atoms with E-state index in [0.717, 1.165) is 23.4 Å². The Bertz CT molecular complexity index is 425. The minimum absolute atomic E-state index is 0.0411. The first kappa shape index (κ1) is 15.7. The predicted molar refractivity (Wildman–Crippen MR) is 87.5 cm³/mol. The van der Waals surface area contributed by atoms with Crippen LogP contribution in [-0.2, 0) is 5.41 Å². The molecule has 1 aliphatic carbocycles. The summed E-state index contributed by atoms with van der Waals surface area (Å²) < 4.78 is 4.48. The Hall–Kier alpha value is -0.640. The van der Waals surface area contributed by atoms with Gasteiger partial charge in [-0.2, -0.15) is 4.37 Å². The minimum Gasteiger partial charge on any atom is -0.360 e. The van der Waals surface area contributed by atoms with Gasteiger partial charge in [-0.3, -0.25) is 0 Å². The second kappa shape index (κ2) is 6.00. The molecule has 1 aromatic rings. The zero-order chi connectivity index (χ0) is 14.8. The highest BCUT2D eigenvalue weighted by molar-refractivity contribution is 7.09. The lowest BCUT2D eigenvalue weighted by molar-refractivity contribution is 0.252. The Labute approximate surface area is 127 Å². The van der Waals surface area contributed by atoms with Gasteiger partial charge in [0.15, 0.2) is 0 Å². The topological polar surface area (TPSA) is 37.8 Å². The molecule has 1 aromatic heterocycles. The van der Waals surface area contributed by atoms with E-state index in [0.29, 0.717) is 5.41 Å². The third kappa shape index (κ3) is 3.94. The van der Waals surface area contributed by atoms with Crippen LogP contribution in [-0.4, -0.2) is 15.9 Å². The summed E-state index contributed by atoms with van der Waals surface area (Å²) in [7, 11) is 0. The highest BCUT2D eigenvalue weighted by Gasteiger charge is 2.34. The maximum absolute atomic E-state index is 4.65. The molecule has 0 bridgehead atoms. The molecule has 1 N–H and O–H groups in total. The van der Waals surface area contributed by atoms with Crippen LogP contribution >= 0.6 is 11.5 Å². The zero-order valence-electron chi connectivity index (χ0n) is 13.6. The summed E-state index contributed by atoms with van der Waals surface area (Å²) in [4.78, 5) is 4.65. The fourth-order valence-electron chi connectivity index (χ4n) is 3.31. The van der Waals surface area contributed by atoms with Gasteiger partial charge in [-0.1, -0.05) is 47.5 Å². The number of hydrogen-bond donors (Lipinski definition) is 1. The van der Waals surface area contributed by atoms with E-state index in [2.05, 4.69) is 49.3 Å². The van der Waals surface area contributed by atoms with Crippen molar-refractivity contribution in [3.8, 4) is 0 Å². The first-order chi connectivity index (χ1) is 9.31. The van der Waals surface area contributed by atoms with E-state index in [1.165, 1.54) is 43.6 Å². The van der Waals surface area contributed by atoms with E-state index in [-0.39, 0.29) is 5.41 Å². The molecule has 114 valence electrons. The highest BCUT2D eigenvalue weighted by Crippen LogP contribution is 2.43. The number of nitrogens with one attached hydrogen (secondary N) is 1. The van der Waals surface area contributed by atoms with Crippen molar-refractivity contribution in [3.05, 3.63) is 5.82 Å². The molecule has 0 saturated heterocycles. The molecule has 1 saturated carbocycles. The molecular weight excluding hydrogens is 266 g/mol. The van der Waals surface area contributed by atoms with Crippen molar-refractivity contribution in [2.24, 2.45) is 11.3 Å². The lowest BCUT2D eigenvalue weighted by Crippen LogP contribution is -2.28. The van der Waals surface area contributed by atoms with Crippen LogP contribution in [0.15, 0.2) is 0 Å². The molecule has 2 rings (SSSR count). The molecule has 0 aliphatic heterocycles. The number of anilines is 1. The van der Waals surface area contributed by atoms with Crippen LogP contribution in [0.2, 0.25) is 0 Å². The van der Waals surface area contributed by atoms with Crippen molar-refractivity contribution >= 4 is 16.7 Å². The summed E-state index contributed by atoms with van der Waals surface area (Å²) in [5.41, 5.74) is 0.529. The Balaban J connectivity index is 1.97. The van der Waals surface area contributed by atoms with Crippen molar-refractivity contribution in [1.29, 1.82) is 0 Å². The van der Waals surface area contributed by atoms with Crippen LogP contribution in [0.1, 0.15) is 72.5 Å². The number of aromatic nitrogens is 2. The van der Waals surface area contributed by atoms with Crippen molar-refractivity contribution in [2.45, 2.75) is 72.1 Å². The maximum atomic E-state index is 4.65. The van der Waals surface area contributed by atoms with Crippen molar-refractivity contribution in [2.75, 3.05) is 11.9 Å². The smallest absolute Gasteiger partial charge is 0.202 e. The summed E-state index contributed by atoms with van der Waals surface area (Å²) in [5, 5.41) is 4.56. The number of hydrogen-bond acceptors (Lipinski definition) is 4. The lowest BCUT2D eigenvalue weighted by atomic mass is 9.78. The van der Waals surface area contributed by atoms with E-state index in [9.17, 15) is 0 Å². The normalized spacial score (nSPS) is 18.7. The fourth-order valence-corrected chi connectivity index (χ4v) is 4.06. The number of rotatable bonds is 5. The van der Waals surface area contributed by atoms with Gasteiger partial charge in [0, 0.05) is 23.5 Å². The molecule has 0 amide bonds. The summed E-state index contributed by atoms with van der Waals surface area (Å²) in [6.45, 7) is 12.2. The Morgan fingerprint density at radius 1 is 1.25 bits per heavy atom. The quantitative estimate of drug-likeness (QED) is 0.843. The molecular formula is C16H29N3S. The van der Waals surface area contributed by atoms with Crippen LogP contribution in [0.4, 0.5) is 5.13 Å². The van der Waals surface area contributed by atoms with Gasteiger partial charge in [-0.25, -0.2) is 4.98 Å². The van der Waals surface area contributed by atoms with E-state index in [4.69, 9.17) is 0 Å². The molecule has 0 unspecified atom stereocenters. The largest absolute Gasteiger partial charge is 0.360 e. The van der Waals surface area contributed by atoms with Gasteiger partial charge in [0.05, 0.1) is 0 Å². The average Bonchev–Trinajstić information content (AvgIpc) is 2.93. The van der Waals surface area contributed by atoms with Crippen LogP contribution in [0.25, 0.3) is 0 Å². The molecule has 1 heterocycles. The Morgan fingerprint density at radius 3 is 2.40 bits per heavy atom. The van der Waals surface area contributed by atoms with E-state index >= 15 is 0 Å². The molecule has 20 heavy (non-hydrogen) atoms. The monoisotopic (exact) mass is 295 g/mol. The van der Waals surface area contributed by atoms with Crippen molar-refractivity contribution < 1.29 is 0 Å². The summed E-state index contributed by atoms with van der Waals surface area (Å²) in [6, 6.07) is 0. The Kier molecular flexibility index (Phi) is 4.73. The molecule has 0 aromatic carbocycles. The second-order valence-corrected chi connectivity index (χ2v) is 8.58. The summed E-state index contributed by atoms with van der Waals surface area (Å²) >= 11 is 1.51. The van der Waals surface area contributed by atoms with Crippen LogP contribution in [0, 0.1) is 11.3 Å². The van der Waals surface area contributed by atoms with Gasteiger partial charge in [0.1, 0.15) is 5.82 Å². The van der Waals surface area contributed by atoms with Gasteiger partial charge in [-0.15, -0.1) is 0 Å². The minimum atomic E-state index is 0.0411. The molecule has 1 fully saturated rings. The van der Waals surface area contributed by atoms with E-state index < -0.39 is 0 Å². The molecule has 0 radical (unpaired) electrons. The molecule has 1 aliphatic rings. The molecule has 4 heteroatoms. The van der Waals surface area contributed by atoms with Gasteiger partial charge in [0.2, 0.25) is 5.13 Å². The molecule has 3 nitrogen and oxygen atoms in total. The van der Waals surface area contributed by atoms with E-state index in [1.54, 1.807) is 0 Å². The third-order valence-electron chi connectivity index (χ3n) is 4.22. The van der Waals surface area contributed by atoms with Gasteiger partial charge < -0.3 is 5.32 Å². The van der Waals surface area contributed by atoms with Gasteiger partial charge >= 0.3 is 0 Å². The van der Waals surface area contributed by atoms with Crippen LogP contribution < -0.4 is 5.32 Å². The molecule has 0 spiro atoms. The Morgan fingerprint density at radius 2 is 1.90 bits per heavy atom. The van der Waals surface area contributed by atoms with Gasteiger partial charge in [-0.05, 0) is 30.6 Å². The number of nitrogens with zero attached hydrogens (tertiary/aromatic N) is 2. The lowest BCUT2D eigenvalue weighted by Gasteiger charge is -2.31.